The fraction of sp³-hybridized carbons (Fsp3) is 0.200. The lowest BCUT2D eigenvalue weighted by molar-refractivity contribution is -0.140. The van der Waals surface area contributed by atoms with Crippen LogP contribution in [-0.2, 0) is 16.1 Å². The van der Waals surface area contributed by atoms with E-state index < -0.39 is 17.7 Å². The molecule has 0 saturated carbocycles. The molecule has 1 aromatic heterocycles. The number of aliphatic hydroxyl groups is 1. The molecule has 2 aromatic carbocycles. The standard InChI is InChI=1S/C25H23NO6S/c1-30-18-11-5-4-9-16(18)22(27)20-21(17-10-6-12-19(31-2)24(17)32-3)26(25(29)23(20)28)14-15-8-7-13-33-15/h4-13,21,27H,14H2,1-3H3/b22-20+. The summed E-state index contributed by atoms with van der Waals surface area (Å²) in [6.45, 7) is 0.204. The fourth-order valence-electron chi connectivity index (χ4n) is 4.05. The van der Waals surface area contributed by atoms with Gasteiger partial charge >= 0.3 is 0 Å². The zero-order valence-electron chi connectivity index (χ0n) is 18.4. The van der Waals surface area contributed by atoms with E-state index in [9.17, 15) is 14.7 Å². The Labute approximate surface area is 195 Å². The van der Waals surface area contributed by atoms with Crippen molar-refractivity contribution in [2.45, 2.75) is 12.6 Å². The average molecular weight is 466 g/mol. The topological polar surface area (TPSA) is 85.3 Å². The number of hydrogen-bond acceptors (Lipinski definition) is 7. The van der Waals surface area contributed by atoms with Gasteiger partial charge in [-0.3, -0.25) is 9.59 Å². The van der Waals surface area contributed by atoms with Crippen LogP contribution in [0.2, 0.25) is 0 Å². The van der Waals surface area contributed by atoms with Crippen LogP contribution in [0.15, 0.2) is 65.6 Å². The number of Topliss-reactive ketones (excluding diaryl/α,β-unsaturated/α-hetero) is 1. The Morgan fingerprint density at radius 2 is 1.67 bits per heavy atom. The highest BCUT2D eigenvalue weighted by Crippen LogP contribution is 2.46. The van der Waals surface area contributed by atoms with E-state index in [1.807, 2.05) is 17.5 Å². The van der Waals surface area contributed by atoms with Gasteiger partial charge in [-0.25, -0.2) is 0 Å². The van der Waals surface area contributed by atoms with E-state index in [4.69, 9.17) is 14.2 Å². The second kappa shape index (κ2) is 9.38. The zero-order valence-corrected chi connectivity index (χ0v) is 19.2. The summed E-state index contributed by atoms with van der Waals surface area (Å²) in [4.78, 5) is 28.8. The number of benzene rings is 2. The molecule has 1 N–H and O–H groups in total. The molecule has 7 nitrogen and oxygen atoms in total. The number of aliphatic hydroxyl groups excluding tert-OH is 1. The van der Waals surface area contributed by atoms with E-state index in [-0.39, 0.29) is 17.9 Å². The van der Waals surface area contributed by atoms with Gasteiger partial charge < -0.3 is 24.2 Å². The lowest BCUT2D eigenvalue weighted by Gasteiger charge is -2.27. The third-order valence-corrected chi connectivity index (χ3v) is 6.40. The number of carbonyl (C=O) groups is 2. The van der Waals surface area contributed by atoms with Crippen LogP contribution < -0.4 is 14.2 Å². The number of nitrogens with zero attached hydrogens (tertiary/aromatic N) is 1. The molecule has 0 radical (unpaired) electrons. The Morgan fingerprint density at radius 3 is 2.33 bits per heavy atom. The monoisotopic (exact) mass is 465 g/mol. The van der Waals surface area contributed by atoms with Crippen molar-refractivity contribution in [3.63, 3.8) is 0 Å². The molecule has 1 fully saturated rings. The average Bonchev–Trinajstić information content (AvgIpc) is 3.45. The van der Waals surface area contributed by atoms with Gasteiger partial charge in [0.15, 0.2) is 11.5 Å². The normalized spacial score (nSPS) is 17.3. The maximum atomic E-state index is 13.3. The van der Waals surface area contributed by atoms with Crippen molar-refractivity contribution in [3.05, 3.63) is 81.6 Å². The first-order valence-electron chi connectivity index (χ1n) is 10.2. The number of hydrogen-bond donors (Lipinski definition) is 1. The van der Waals surface area contributed by atoms with Gasteiger partial charge in [0, 0.05) is 10.4 Å². The second-order valence-corrected chi connectivity index (χ2v) is 8.32. The molecule has 1 aliphatic heterocycles. The molecule has 1 saturated heterocycles. The molecule has 33 heavy (non-hydrogen) atoms. The molecule has 170 valence electrons. The second-order valence-electron chi connectivity index (χ2n) is 7.29. The molecule has 0 aliphatic carbocycles. The fourth-order valence-corrected chi connectivity index (χ4v) is 4.75. The van der Waals surface area contributed by atoms with Gasteiger partial charge in [-0.2, -0.15) is 0 Å². The first-order chi connectivity index (χ1) is 16.0. The van der Waals surface area contributed by atoms with Gasteiger partial charge in [0.2, 0.25) is 0 Å². The number of thiophene rings is 1. The van der Waals surface area contributed by atoms with Gasteiger partial charge in [-0.1, -0.05) is 30.3 Å². The highest BCUT2D eigenvalue weighted by molar-refractivity contribution is 7.09. The van der Waals surface area contributed by atoms with E-state index in [1.165, 1.54) is 37.6 Å². The summed E-state index contributed by atoms with van der Waals surface area (Å²) < 4.78 is 16.4. The number of likely N-dealkylation sites (tertiary alicyclic amines) is 1. The van der Waals surface area contributed by atoms with E-state index in [0.29, 0.717) is 28.4 Å². The summed E-state index contributed by atoms with van der Waals surface area (Å²) in [5.41, 5.74) is 0.817. The summed E-state index contributed by atoms with van der Waals surface area (Å²) in [6, 6.07) is 14.9. The number of rotatable bonds is 7. The van der Waals surface area contributed by atoms with Gasteiger partial charge in [-0.15, -0.1) is 11.3 Å². The minimum Gasteiger partial charge on any atom is -0.507 e. The minimum absolute atomic E-state index is 0.0346. The Bertz CT molecular complexity index is 1220. The quantitative estimate of drug-likeness (QED) is 0.316. The van der Waals surface area contributed by atoms with Crippen LogP contribution in [-0.4, -0.2) is 43.0 Å². The van der Waals surface area contributed by atoms with E-state index in [0.717, 1.165) is 4.88 Å². The van der Waals surface area contributed by atoms with Crippen LogP contribution >= 0.6 is 11.3 Å². The molecule has 0 bridgehead atoms. The van der Waals surface area contributed by atoms with Crippen molar-refractivity contribution in [1.29, 1.82) is 0 Å². The molecule has 2 heterocycles. The predicted molar refractivity (Wildman–Crippen MR) is 125 cm³/mol. The van der Waals surface area contributed by atoms with Crippen molar-refractivity contribution in [1.82, 2.24) is 4.90 Å². The van der Waals surface area contributed by atoms with Crippen LogP contribution in [0.4, 0.5) is 0 Å². The highest BCUT2D eigenvalue weighted by atomic mass is 32.1. The maximum Gasteiger partial charge on any atom is 0.295 e. The molecule has 4 rings (SSSR count). The minimum atomic E-state index is -0.887. The SMILES string of the molecule is COc1ccccc1/C(O)=C1\C(=O)C(=O)N(Cc2cccs2)C1c1cccc(OC)c1OC. The Morgan fingerprint density at radius 1 is 0.939 bits per heavy atom. The Hall–Kier alpha value is -3.78. The third-order valence-electron chi connectivity index (χ3n) is 5.54. The number of methoxy groups -OCH3 is 3. The zero-order chi connectivity index (χ0) is 23.5. The highest BCUT2D eigenvalue weighted by Gasteiger charge is 2.47. The van der Waals surface area contributed by atoms with Gasteiger partial charge in [0.05, 0.1) is 45.1 Å². The molecule has 1 atom stereocenters. The molecule has 1 aliphatic rings. The first-order valence-corrected chi connectivity index (χ1v) is 11.0. The maximum absolute atomic E-state index is 13.3. The molecule has 0 spiro atoms. The Kier molecular flexibility index (Phi) is 6.37. The predicted octanol–water partition coefficient (Wildman–Crippen LogP) is 4.40. The third kappa shape index (κ3) is 3.93. The van der Waals surface area contributed by atoms with Crippen LogP contribution in [0.1, 0.15) is 22.0 Å². The van der Waals surface area contributed by atoms with Crippen LogP contribution in [0.3, 0.4) is 0 Å². The molecule has 1 unspecified atom stereocenters. The van der Waals surface area contributed by atoms with E-state index in [2.05, 4.69) is 0 Å². The summed E-state index contributed by atoms with van der Waals surface area (Å²) >= 11 is 1.48. The summed E-state index contributed by atoms with van der Waals surface area (Å²) in [5, 5.41) is 13.2. The van der Waals surface area contributed by atoms with Crippen molar-refractivity contribution in [3.8, 4) is 17.2 Å². The largest absolute Gasteiger partial charge is 0.507 e. The van der Waals surface area contributed by atoms with Crippen molar-refractivity contribution >= 4 is 28.8 Å². The lowest BCUT2D eigenvalue weighted by Crippen LogP contribution is -2.29. The van der Waals surface area contributed by atoms with Gasteiger partial charge in [0.25, 0.3) is 11.7 Å². The van der Waals surface area contributed by atoms with Crippen LogP contribution in [0.25, 0.3) is 5.76 Å². The van der Waals surface area contributed by atoms with Crippen molar-refractivity contribution in [2.24, 2.45) is 0 Å². The smallest absolute Gasteiger partial charge is 0.295 e. The molecular weight excluding hydrogens is 442 g/mol. The first kappa shape index (κ1) is 22.4. The molecule has 1 amide bonds. The van der Waals surface area contributed by atoms with Crippen LogP contribution in [0.5, 0.6) is 17.2 Å². The number of ketones is 1. The molecule has 8 heteroatoms. The van der Waals surface area contributed by atoms with Gasteiger partial charge in [0.1, 0.15) is 11.5 Å². The number of carbonyl (C=O) groups excluding carboxylic acids is 2. The van der Waals surface area contributed by atoms with Crippen molar-refractivity contribution < 1.29 is 28.9 Å². The van der Waals surface area contributed by atoms with Gasteiger partial charge in [-0.05, 0) is 29.6 Å². The van der Waals surface area contributed by atoms with Crippen LogP contribution in [0, 0.1) is 0 Å². The number of ether oxygens (including phenoxy) is 3. The summed E-state index contributed by atoms with van der Waals surface area (Å²) in [6.07, 6.45) is 0. The molecule has 3 aromatic rings. The number of para-hydroxylation sites is 2. The summed E-state index contributed by atoms with van der Waals surface area (Å²) in [5.74, 6) is -0.562. The van der Waals surface area contributed by atoms with E-state index >= 15 is 0 Å². The Balaban J connectivity index is 1.97. The van der Waals surface area contributed by atoms with E-state index in [1.54, 1.807) is 42.5 Å². The number of amides is 1. The lowest BCUT2D eigenvalue weighted by atomic mass is 9.94. The molecular formula is C25H23NO6S. The van der Waals surface area contributed by atoms with Crippen molar-refractivity contribution in [2.75, 3.05) is 21.3 Å². The summed E-state index contributed by atoms with van der Waals surface area (Å²) in [7, 11) is 4.48.